The van der Waals surface area contributed by atoms with E-state index in [0.29, 0.717) is 27.9 Å². The van der Waals surface area contributed by atoms with Crippen LogP contribution in [-0.4, -0.2) is 30.2 Å². The first-order valence-corrected chi connectivity index (χ1v) is 7.89. The maximum absolute atomic E-state index is 12.3. The van der Waals surface area contributed by atoms with Gasteiger partial charge in [-0.3, -0.25) is 4.98 Å². The van der Waals surface area contributed by atoms with Gasteiger partial charge in [0.25, 0.3) is 0 Å². The number of rotatable bonds is 3. The summed E-state index contributed by atoms with van der Waals surface area (Å²) in [4.78, 5) is 21.0. The van der Waals surface area contributed by atoms with E-state index in [4.69, 9.17) is 9.47 Å². The summed E-state index contributed by atoms with van der Waals surface area (Å²) in [5.74, 6) is -0.0902. The van der Waals surface area contributed by atoms with E-state index in [0.717, 1.165) is 9.13 Å². The van der Waals surface area contributed by atoms with E-state index in [9.17, 15) is 4.79 Å². The molecule has 2 heterocycles. The van der Waals surface area contributed by atoms with Gasteiger partial charge in [-0.2, -0.15) is 0 Å². The van der Waals surface area contributed by atoms with E-state index in [1.54, 1.807) is 18.5 Å². The normalized spacial score (nSPS) is 10.6. The molecule has 2 aromatic heterocycles. The van der Waals surface area contributed by atoms with Crippen molar-refractivity contribution in [3.63, 3.8) is 0 Å². The van der Waals surface area contributed by atoms with Crippen molar-refractivity contribution in [3.8, 4) is 17.0 Å². The molecule has 0 bridgehead atoms. The average molecular weight is 420 g/mol. The molecule has 0 radical (unpaired) electrons. The molecule has 0 aliphatic heterocycles. The van der Waals surface area contributed by atoms with Gasteiger partial charge in [-0.15, -0.1) is 0 Å². The van der Waals surface area contributed by atoms with E-state index in [1.165, 1.54) is 14.2 Å². The van der Waals surface area contributed by atoms with Gasteiger partial charge < -0.3 is 9.47 Å². The zero-order valence-corrected chi connectivity index (χ0v) is 14.7. The largest absolute Gasteiger partial charge is 0.494 e. The molecule has 6 heteroatoms. The quantitative estimate of drug-likeness (QED) is 0.478. The highest BCUT2D eigenvalue weighted by Gasteiger charge is 2.23. The number of pyridine rings is 2. The predicted octanol–water partition coefficient (Wildman–Crippen LogP) is 3.70. The molecule has 3 aromatic rings. The Labute approximate surface area is 146 Å². The number of hydrogen-bond acceptors (Lipinski definition) is 5. The van der Waals surface area contributed by atoms with Crippen LogP contribution in [0.25, 0.3) is 22.2 Å². The van der Waals surface area contributed by atoms with Gasteiger partial charge in [0.05, 0.1) is 19.7 Å². The molecule has 5 nitrogen and oxygen atoms in total. The summed E-state index contributed by atoms with van der Waals surface area (Å²) in [7, 11) is 2.86. The van der Waals surface area contributed by atoms with Crippen LogP contribution >= 0.6 is 22.6 Å². The molecule has 1 aromatic carbocycles. The number of halogens is 1. The molecule has 3 rings (SSSR count). The first-order valence-electron chi connectivity index (χ1n) is 6.81. The van der Waals surface area contributed by atoms with Crippen molar-refractivity contribution in [2.24, 2.45) is 0 Å². The van der Waals surface area contributed by atoms with E-state index in [1.807, 2.05) is 24.3 Å². The smallest absolute Gasteiger partial charge is 0.342 e. The molecular weight excluding hydrogens is 407 g/mol. The van der Waals surface area contributed by atoms with Gasteiger partial charge in [-0.05, 0) is 40.8 Å². The Morgan fingerprint density at radius 1 is 1.13 bits per heavy atom. The van der Waals surface area contributed by atoms with Crippen LogP contribution in [-0.2, 0) is 4.74 Å². The lowest BCUT2D eigenvalue weighted by atomic mass is 10.0. The Hall–Kier alpha value is -2.22. The summed E-state index contributed by atoms with van der Waals surface area (Å²) in [6.07, 6.45) is 3.23. The van der Waals surface area contributed by atoms with Crippen molar-refractivity contribution in [1.82, 2.24) is 9.97 Å². The van der Waals surface area contributed by atoms with Crippen molar-refractivity contribution >= 4 is 39.5 Å². The number of aromatic nitrogens is 2. The molecule has 0 saturated heterocycles. The summed E-state index contributed by atoms with van der Waals surface area (Å²) >= 11 is 2.24. The summed E-state index contributed by atoms with van der Waals surface area (Å²) < 4.78 is 11.5. The summed E-state index contributed by atoms with van der Waals surface area (Å²) in [5.41, 5.74) is 2.46. The van der Waals surface area contributed by atoms with Crippen LogP contribution < -0.4 is 4.74 Å². The lowest BCUT2D eigenvalue weighted by Gasteiger charge is -2.14. The fourth-order valence-corrected chi connectivity index (χ4v) is 2.76. The first kappa shape index (κ1) is 15.7. The summed E-state index contributed by atoms with van der Waals surface area (Å²) in [5, 5.41) is 0.602. The number of methoxy groups -OCH3 is 2. The number of carbonyl (C=O) groups is 1. The van der Waals surface area contributed by atoms with Gasteiger partial charge in [-0.25, -0.2) is 9.78 Å². The van der Waals surface area contributed by atoms with Crippen molar-refractivity contribution in [2.75, 3.05) is 14.2 Å². The molecule has 0 unspecified atom stereocenters. The second-order valence-electron chi connectivity index (χ2n) is 4.76. The maximum atomic E-state index is 12.3. The number of fused-ring (bicyclic) bond motifs is 1. The summed E-state index contributed by atoms with van der Waals surface area (Å²) in [6, 6.07) is 9.61. The molecule has 23 heavy (non-hydrogen) atoms. The van der Waals surface area contributed by atoms with Gasteiger partial charge in [0.15, 0.2) is 5.75 Å². The van der Waals surface area contributed by atoms with Crippen LogP contribution in [0.5, 0.6) is 5.75 Å². The third-order valence-electron chi connectivity index (χ3n) is 3.45. The third-order valence-corrected chi connectivity index (χ3v) is 4.17. The fraction of sp³-hybridized carbons (Fsp3) is 0.118. The van der Waals surface area contributed by atoms with Crippen LogP contribution in [0.4, 0.5) is 0 Å². The number of benzene rings is 1. The Morgan fingerprint density at radius 2 is 1.87 bits per heavy atom. The monoisotopic (exact) mass is 420 g/mol. The van der Waals surface area contributed by atoms with Crippen LogP contribution in [0.3, 0.4) is 0 Å². The van der Waals surface area contributed by atoms with Crippen molar-refractivity contribution in [2.45, 2.75) is 0 Å². The van der Waals surface area contributed by atoms with Gasteiger partial charge in [0, 0.05) is 26.9 Å². The zero-order chi connectivity index (χ0) is 16.4. The minimum absolute atomic E-state index is 0.335. The van der Waals surface area contributed by atoms with E-state index < -0.39 is 5.97 Å². The molecule has 0 aliphatic rings. The Kier molecular flexibility index (Phi) is 4.42. The number of esters is 1. The van der Waals surface area contributed by atoms with E-state index in [2.05, 4.69) is 32.6 Å². The van der Waals surface area contributed by atoms with Crippen LogP contribution in [0.2, 0.25) is 0 Å². The van der Waals surface area contributed by atoms with Crippen molar-refractivity contribution in [3.05, 3.63) is 51.9 Å². The Bertz CT molecular complexity index is 879. The lowest BCUT2D eigenvalue weighted by Crippen LogP contribution is -2.08. The summed E-state index contributed by atoms with van der Waals surface area (Å²) in [6.45, 7) is 0. The average Bonchev–Trinajstić information content (AvgIpc) is 2.60. The molecule has 0 aliphatic carbocycles. The molecular formula is C17H13IN2O3. The molecule has 0 N–H and O–H groups in total. The highest BCUT2D eigenvalue weighted by Crippen LogP contribution is 2.36. The standard InChI is InChI=1S/C17H13IN2O3/c1-22-16-14(17(21)23-2)12-9-19-8-7-13(12)20-15(16)10-3-5-11(18)6-4-10/h3-9H,1-2H3. The Morgan fingerprint density at radius 3 is 2.52 bits per heavy atom. The van der Waals surface area contributed by atoms with Gasteiger partial charge in [-0.1, -0.05) is 12.1 Å². The maximum Gasteiger partial charge on any atom is 0.342 e. The van der Waals surface area contributed by atoms with Gasteiger partial charge in [0.2, 0.25) is 0 Å². The minimum atomic E-state index is -0.478. The number of nitrogens with zero attached hydrogens (tertiary/aromatic N) is 2. The SMILES string of the molecule is COC(=O)c1c(OC)c(-c2ccc(I)cc2)nc2ccncc12. The van der Waals surface area contributed by atoms with Gasteiger partial charge in [0.1, 0.15) is 11.3 Å². The van der Waals surface area contributed by atoms with Gasteiger partial charge >= 0.3 is 5.97 Å². The third kappa shape index (κ3) is 2.86. The number of hydrogen-bond donors (Lipinski definition) is 0. The molecule has 0 atom stereocenters. The second-order valence-corrected chi connectivity index (χ2v) is 6.01. The number of ether oxygens (including phenoxy) is 2. The highest BCUT2D eigenvalue weighted by molar-refractivity contribution is 14.1. The lowest BCUT2D eigenvalue weighted by molar-refractivity contribution is 0.0599. The van der Waals surface area contributed by atoms with E-state index in [-0.39, 0.29) is 0 Å². The Balaban J connectivity index is 2.37. The molecule has 0 amide bonds. The zero-order valence-electron chi connectivity index (χ0n) is 12.5. The fourth-order valence-electron chi connectivity index (χ4n) is 2.40. The molecule has 0 saturated carbocycles. The second kappa shape index (κ2) is 6.49. The predicted molar refractivity (Wildman–Crippen MR) is 95.6 cm³/mol. The number of carbonyl (C=O) groups excluding carboxylic acids is 1. The van der Waals surface area contributed by atoms with Crippen LogP contribution in [0.1, 0.15) is 10.4 Å². The van der Waals surface area contributed by atoms with Crippen molar-refractivity contribution in [1.29, 1.82) is 0 Å². The van der Waals surface area contributed by atoms with E-state index >= 15 is 0 Å². The first-order chi connectivity index (χ1) is 11.2. The molecule has 0 fully saturated rings. The minimum Gasteiger partial charge on any atom is -0.494 e. The molecule has 116 valence electrons. The molecule has 0 spiro atoms. The topological polar surface area (TPSA) is 61.3 Å². The van der Waals surface area contributed by atoms with Crippen molar-refractivity contribution < 1.29 is 14.3 Å². The highest BCUT2D eigenvalue weighted by atomic mass is 127. The van der Waals surface area contributed by atoms with Crippen LogP contribution in [0, 0.1) is 3.57 Å². The van der Waals surface area contributed by atoms with Crippen LogP contribution in [0.15, 0.2) is 42.7 Å².